The Labute approximate surface area is 90.6 Å². The molecule has 1 aromatic heterocycles. The quantitative estimate of drug-likeness (QED) is 0.808. The minimum atomic E-state index is 0.455. The normalized spacial score (nSPS) is 20.3. The SMILES string of the molecule is CCOCC1CNCc2cnn(CC)c21. The van der Waals surface area contributed by atoms with Gasteiger partial charge in [-0.3, -0.25) is 4.68 Å². The van der Waals surface area contributed by atoms with Crippen molar-refractivity contribution >= 4 is 0 Å². The third-order valence-corrected chi connectivity index (χ3v) is 2.88. The molecular formula is C11H19N3O. The summed E-state index contributed by atoms with van der Waals surface area (Å²) in [5.41, 5.74) is 2.69. The molecule has 4 heteroatoms. The van der Waals surface area contributed by atoms with E-state index in [2.05, 4.69) is 22.0 Å². The number of hydrogen-bond donors (Lipinski definition) is 1. The highest BCUT2D eigenvalue weighted by atomic mass is 16.5. The summed E-state index contributed by atoms with van der Waals surface area (Å²) >= 11 is 0. The number of nitrogens with one attached hydrogen (secondary N) is 1. The minimum Gasteiger partial charge on any atom is -0.381 e. The molecular weight excluding hydrogens is 190 g/mol. The Balaban J connectivity index is 2.19. The zero-order valence-electron chi connectivity index (χ0n) is 9.49. The summed E-state index contributed by atoms with van der Waals surface area (Å²) in [5.74, 6) is 0.455. The largest absolute Gasteiger partial charge is 0.381 e. The van der Waals surface area contributed by atoms with E-state index in [4.69, 9.17) is 4.74 Å². The molecule has 0 spiro atoms. The van der Waals surface area contributed by atoms with Gasteiger partial charge >= 0.3 is 0 Å². The molecule has 1 N–H and O–H groups in total. The molecule has 1 aromatic rings. The van der Waals surface area contributed by atoms with E-state index in [1.54, 1.807) is 0 Å². The summed E-state index contributed by atoms with van der Waals surface area (Å²) in [6, 6.07) is 0. The fraction of sp³-hybridized carbons (Fsp3) is 0.727. The van der Waals surface area contributed by atoms with E-state index in [1.165, 1.54) is 11.3 Å². The molecule has 0 aliphatic carbocycles. The number of fused-ring (bicyclic) bond motifs is 1. The second-order valence-electron chi connectivity index (χ2n) is 3.86. The summed E-state index contributed by atoms with van der Waals surface area (Å²) in [6.07, 6.45) is 1.98. The average Bonchev–Trinajstić information content (AvgIpc) is 2.69. The fourth-order valence-electron chi connectivity index (χ4n) is 2.17. The van der Waals surface area contributed by atoms with Crippen molar-refractivity contribution in [2.45, 2.75) is 32.9 Å². The van der Waals surface area contributed by atoms with Crippen LogP contribution in [0.15, 0.2) is 6.20 Å². The Morgan fingerprint density at radius 1 is 1.60 bits per heavy atom. The van der Waals surface area contributed by atoms with Gasteiger partial charge in [0.2, 0.25) is 0 Å². The van der Waals surface area contributed by atoms with Gasteiger partial charge in [-0.15, -0.1) is 0 Å². The van der Waals surface area contributed by atoms with Crippen LogP contribution < -0.4 is 5.32 Å². The maximum atomic E-state index is 5.52. The number of nitrogens with zero attached hydrogens (tertiary/aromatic N) is 2. The van der Waals surface area contributed by atoms with Crippen LogP contribution in [0.4, 0.5) is 0 Å². The summed E-state index contributed by atoms with van der Waals surface area (Å²) in [6.45, 7) is 8.63. The van der Waals surface area contributed by atoms with Gasteiger partial charge in [0, 0.05) is 43.4 Å². The van der Waals surface area contributed by atoms with Crippen molar-refractivity contribution in [3.63, 3.8) is 0 Å². The molecule has 0 saturated heterocycles. The third-order valence-electron chi connectivity index (χ3n) is 2.88. The molecule has 1 atom stereocenters. The van der Waals surface area contributed by atoms with Gasteiger partial charge in [-0.05, 0) is 13.8 Å². The predicted octanol–water partition coefficient (Wildman–Crippen LogP) is 1.13. The Hall–Kier alpha value is -0.870. The first kappa shape index (κ1) is 10.6. The smallest absolute Gasteiger partial charge is 0.0562 e. The van der Waals surface area contributed by atoms with Crippen LogP contribution in [0, 0.1) is 0 Å². The molecule has 1 aliphatic rings. The second kappa shape index (κ2) is 4.77. The summed E-state index contributed by atoms with van der Waals surface area (Å²) in [5, 5.41) is 7.80. The van der Waals surface area contributed by atoms with Crippen molar-refractivity contribution in [2.75, 3.05) is 19.8 Å². The van der Waals surface area contributed by atoms with Gasteiger partial charge in [-0.25, -0.2) is 0 Å². The lowest BCUT2D eigenvalue weighted by molar-refractivity contribution is 0.127. The van der Waals surface area contributed by atoms with Crippen LogP contribution in [0.5, 0.6) is 0 Å². The van der Waals surface area contributed by atoms with Crippen LogP contribution in [-0.4, -0.2) is 29.5 Å². The standard InChI is InChI=1S/C11H19N3O/c1-3-14-11-9(7-13-14)5-12-6-10(11)8-15-4-2/h7,10,12H,3-6,8H2,1-2H3. The maximum Gasteiger partial charge on any atom is 0.0562 e. The van der Waals surface area contributed by atoms with Crippen LogP contribution in [0.2, 0.25) is 0 Å². The lowest BCUT2D eigenvalue weighted by Gasteiger charge is -2.24. The Morgan fingerprint density at radius 2 is 2.47 bits per heavy atom. The van der Waals surface area contributed by atoms with Crippen molar-refractivity contribution < 1.29 is 4.74 Å². The van der Waals surface area contributed by atoms with Gasteiger partial charge < -0.3 is 10.1 Å². The second-order valence-corrected chi connectivity index (χ2v) is 3.86. The van der Waals surface area contributed by atoms with Crippen molar-refractivity contribution in [1.82, 2.24) is 15.1 Å². The number of aromatic nitrogens is 2. The van der Waals surface area contributed by atoms with Gasteiger partial charge in [0.25, 0.3) is 0 Å². The van der Waals surface area contributed by atoms with Crippen LogP contribution in [0.25, 0.3) is 0 Å². The Morgan fingerprint density at radius 3 is 3.20 bits per heavy atom. The zero-order valence-corrected chi connectivity index (χ0v) is 9.49. The molecule has 2 heterocycles. The molecule has 84 valence electrons. The molecule has 0 radical (unpaired) electrons. The van der Waals surface area contributed by atoms with Crippen molar-refractivity contribution in [1.29, 1.82) is 0 Å². The number of rotatable bonds is 4. The van der Waals surface area contributed by atoms with Crippen LogP contribution in [0.3, 0.4) is 0 Å². The average molecular weight is 209 g/mol. The maximum absolute atomic E-state index is 5.52. The number of ether oxygens (including phenoxy) is 1. The van der Waals surface area contributed by atoms with E-state index in [-0.39, 0.29) is 0 Å². The van der Waals surface area contributed by atoms with Crippen LogP contribution in [-0.2, 0) is 17.8 Å². The molecule has 4 nitrogen and oxygen atoms in total. The van der Waals surface area contributed by atoms with Crippen molar-refractivity contribution in [3.8, 4) is 0 Å². The first-order valence-corrected chi connectivity index (χ1v) is 5.69. The summed E-state index contributed by atoms with van der Waals surface area (Å²) in [7, 11) is 0. The molecule has 1 aliphatic heterocycles. The highest BCUT2D eigenvalue weighted by molar-refractivity contribution is 5.25. The lowest BCUT2D eigenvalue weighted by Crippen LogP contribution is -2.32. The zero-order chi connectivity index (χ0) is 10.7. The number of hydrogen-bond acceptors (Lipinski definition) is 3. The summed E-state index contributed by atoms with van der Waals surface area (Å²) < 4.78 is 7.61. The lowest BCUT2D eigenvalue weighted by atomic mass is 9.98. The molecule has 0 bridgehead atoms. The van der Waals surface area contributed by atoms with E-state index in [0.29, 0.717) is 5.92 Å². The first-order valence-electron chi connectivity index (χ1n) is 5.69. The van der Waals surface area contributed by atoms with Crippen molar-refractivity contribution in [3.05, 3.63) is 17.5 Å². The predicted molar refractivity (Wildman–Crippen MR) is 58.8 cm³/mol. The van der Waals surface area contributed by atoms with Gasteiger partial charge in [-0.2, -0.15) is 5.10 Å². The van der Waals surface area contributed by atoms with E-state index >= 15 is 0 Å². The molecule has 0 saturated carbocycles. The van der Waals surface area contributed by atoms with E-state index in [9.17, 15) is 0 Å². The fourth-order valence-corrected chi connectivity index (χ4v) is 2.17. The van der Waals surface area contributed by atoms with Gasteiger partial charge in [-0.1, -0.05) is 0 Å². The highest BCUT2D eigenvalue weighted by Gasteiger charge is 2.24. The third kappa shape index (κ3) is 2.06. The van der Waals surface area contributed by atoms with Crippen LogP contribution in [0.1, 0.15) is 31.0 Å². The Bertz CT molecular complexity index is 308. The first-order chi connectivity index (χ1) is 7.36. The van der Waals surface area contributed by atoms with E-state index in [0.717, 1.165) is 32.8 Å². The van der Waals surface area contributed by atoms with Crippen LogP contribution >= 0.6 is 0 Å². The molecule has 1 unspecified atom stereocenters. The van der Waals surface area contributed by atoms with Gasteiger partial charge in [0.1, 0.15) is 0 Å². The van der Waals surface area contributed by atoms with Gasteiger partial charge in [0.05, 0.1) is 12.8 Å². The van der Waals surface area contributed by atoms with Gasteiger partial charge in [0.15, 0.2) is 0 Å². The number of aryl methyl sites for hydroxylation is 1. The molecule has 15 heavy (non-hydrogen) atoms. The minimum absolute atomic E-state index is 0.455. The molecule has 0 aromatic carbocycles. The van der Waals surface area contributed by atoms with E-state index in [1.807, 2.05) is 13.1 Å². The highest BCUT2D eigenvalue weighted by Crippen LogP contribution is 2.24. The summed E-state index contributed by atoms with van der Waals surface area (Å²) in [4.78, 5) is 0. The molecule has 2 rings (SSSR count). The topological polar surface area (TPSA) is 39.1 Å². The molecule has 0 amide bonds. The van der Waals surface area contributed by atoms with E-state index < -0.39 is 0 Å². The monoisotopic (exact) mass is 209 g/mol. The Kier molecular flexibility index (Phi) is 3.38. The van der Waals surface area contributed by atoms with Crippen molar-refractivity contribution in [2.24, 2.45) is 0 Å². The molecule has 0 fully saturated rings.